The van der Waals surface area contributed by atoms with E-state index in [0.29, 0.717) is 23.6 Å². The van der Waals surface area contributed by atoms with Crippen LogP contribution in [0.4, 0.5) is 0 Å². The van der Waals surface area contributed by atoms with E-state index in [1.165, 1.54) is 0 Å². The summed E-state index contributed by atoms with van der Waals surface area (Å²) in [6.45, 7) is 1.92. The van der Waals surface area contributed by atoms with Crippen LogP contribution < -0.4 is 14.9 Å². The van der Waals surface area contributed by atoms with Gasteiger partial charge in [-0.05, 0) is 24.6 Å². The maximum Gasteiger partial charge on any atom is 0.254 e. The lowest BCUT2D eigenvalue weighted by atomic mass is 10.1. The van der Waals surface area contributed by atoms with Gasteiger partial charge in [0.15, 0.2) is 11.5 Å². The van der Waals surface area contributed by atoms with Crippen molar-refractivity contribution < 1.29 is 14.3 Å². The number of carbonyl (C=O) groups excluding carboxylic acids is 1. The van der Waals surface area contributed by atoms with E-state index in [1.54, 1.807) is 32.4 Å². The lowest BCUT2D eigenvalue weighted by Crippen LogP contribution is -2.19. The molecule has 0 bridgehead atoms. The van der Waals surface area contributed by atoms with Gasteiger partial charge in [-0.1, -0.05) is 6.92 Å². The van der Waals surface area contributed by atoms with E-state index in [0.717, 1.165) is 5.56 Å². The van der Waals surface area contributed by atoms with E-state index in [9.17, 15) is 4.79 Å². The van der Waals surface area contributed by atoms with Gasteiger partial charge in [0, 0.05) is 5.56 Å². The van der Waals surface area contributed by atoms with Gasteiger partial charge in [-0.15, -0.1) is 0 Å². The van der Waals surface area contributed by atoms with Crippen LogP contribution in [0, 0.1) is 11.3 Å². The van der Waals surface area contributed by atoms with Crippen LogP contribution in [0.3, 0.4) is 0 Å². The van der Waals surface area contributed by atoms with Crippen molar-refractivity contribution in [2.45, 2.75) is 19.8 Å². The Morgan fingerprint density at radius 3 is 2.60 bits per heavy atom. The van der Waals surface area contributed by atoms with Crippen LogP contribution >= 0.6 is 0 Å². The minimum Gasteiger partial charge on any atom is -0.493 e. The minimum absolute atomic E-state index is 0.216. The molecule has 0 atom stereocenters. The molecule has 1 amide bonds. The molecular formula is C14H17N3O3. The first-order valence-electron chi connectivity index (χ1n) is 6.11. The highest BCUT2D eigenvalue weighted by Gasteiger charge is 2.08. The molecule has 6 nitrogen and oxygen atoms in total. The van der Waals surface area contributed by atoms with Gasteiger partial charge in [0.05, 0.1) is 26.0 Å². The summed E-state index contributed by atoms with van der Waals surface area (Å²) in [6.07, 6.45) is 0.411. The Bertz CT molecular complexity index is 547. The summed E-state index contributed by atoms with van der Waals surface area (Å²) >= 11 is 0. The molecule has 1 rings (SSSR count). The van der Waals surface area contributed by atoms with Crippen molar-refractivity contribution in [3.63, 3.8) is 0 Å². The predicted octanol–water partition coefficient (Wildman–Crippen LogP) is 1.85. The van der Waals surface area contributed by atoms with Crippen molar-refractivity contribution in [3.05, 3.63) is 23.8 Å². The van der Waals surface area contributed by atoms with E-state index in [2.05, 4.69) is 10.5 Å². The van der Waals surface area contributed by atoms with Gasteiger partial charge in [-0.3, -0.25) is 4.79 Å². The van der Waals surface area contributed by atoms with Crippen molar-refractivity contribution in [1.82, 2.24) is 5.43 Å². The van der Waals surface area contributed by atoms with Gasteiger partial charge in [0.25, 0.3) is 5.91 Å². The summed E-state index contributed by atoms with van der Waals surface area (Å²) in [5.41, 5.74) is 3.87. The number of methoxy groups -OCH3 is 2. The van der Waals surface area contributed by atoms with Gasteiger partial charge in [-0.25, -0.2) is 5.43 Å². The summed E-state index contributed by atoms with van der Waals surface area (Å²) in [5, 5.41) is 12.4. The minimum atomic E-state index is -0.432. The van der Waals surface area contributed by atoms with Crippen LogP contribution in [0.2, 0.25) is 0 Å². The number of hydrazone groups is 1. The highest BCUT2D eigenvalue weighted by Crippen LogP contribution is 2.28. The lowest BCUT2D eigenvalue weighted by molar-refractivity contribution is -0.120. The Morgan fingerprint density at radius 1 is 1.35 bits per heavy atom. The molecule has 0 saturated heterocycles. The lowest BCUT2D eigenvalue weighted by Gasteiger charge is -2.10. The van der Waals surface area contributed by atoms with Crippen molar-refractivity contribution in [2.24, 2.45) is 5.10 Å². The van der Waals surface area contributed by atoms with Crippen molar-refractivity contribution in [3.8, 4) is 17.6 Å². The van der Waals surface area contributed by atoms with E-state index >= 15 is 0 Å². The summed E-state index contributed by atoms with van der Waals surface area (Å²) in [7, 11) is 3.12. The number of hydrogen-bond acceptors (Lipinski definition) is 5. The quantitative estimate of drug-likeness (QED) is 0.634. The first-order chi connectivity index (χ1) is 9.65. The van der Waals surface area contributed by atoms with Gasteiger partial charge in [-0.2, -0.15) is 10.4 Å². The standard InChI is InChI=1S/C14H17N3O3/c1-4-11(16-17-14(18)7-8-15)10-5-6-12(19-2)13(9-10)20-3/h5-6,9H,4,7H2,1-3H3,(H,17,18)/b16-11-. The highest BCUT2D eigenvalue weighted by molar-refractivity contribution is 6.01. The molecule has 20 heavy (non-hydrogen) atoms. The molecule has 1 aromatic rings. The van der Waals surface area contributed by atoms with Gasteiger partial charge >= 0.3 is 0 Å². The topological polar surface area (TPSA) is 83.7 Å². The molecule has 0 fully saturated rings. The van der Waals surface area contributed by atoms with Crippen LogP contribution in [-0.4, -0.2) is 25.8 Å². The maximum absolute atomic E-state index is 11.2. The van der Waals surface area contributed by atoms with Crippen molar-refractivity contribution >= 4 is 11.6 Å². The Labute approximate surface area is 118 Å². The molecule has 0 aliphatic rings. The van der Waals surface area contributed by atoms with Crippen LogP contribution in [-0.2, 0) is 4.79 Å². The summed E-state index contributed by atoms with van der Waals surface area (Å²) in [4.78, 5) is 11.2. The smallest absolute Gasteiger partial charge is 0.254 e. The fraction of sp³-hybridized carbons (Fsp3) is 0.357. The second-order valence-electron chi connectivity index (χ2n) is 3.85. The number of rotatable bonds is 6. The fourth-order valence-corrected chi connectivity index (χ4v) is 1.60. The van der Waals surface area contributed by atoms with E-state index in [1.807, 2.05) is 13.0 Å². The van der Waals surface area contributed by atoms with Crippen molar-refractivity contribution in [1.29, 1.82) is 5.26 Å². The van der Waals surface area contributed by atoms with Gasteiger partial charge in [0.2, 0.25) is 0 Å². The summed E-state index contributed by atoms with van der Waals surface area (Å²) < 4.78 is 10.4. The first kappa shape index (κ1) is 15.5. The fourth-order valence-electron chi connectivity index (χ4n) is 1.60. The number of nitriles is 1. The number of carbonyl (C=O) groups is 1. The van der Waals surface area contributed by atoms with Crippen LogP contribution in [0.5, 0.6) is 11.5 Å². The predicted molar refractivity (Wildman–Crippen MR) is 74.7 cm³/mol. The summed E-state index contributed by atoms with van der Waals surface area (Å²) in [5.74, 6) is 0.786. The zero-order valence-electron chi connectivity index (χ0n) is 11.8. The SMILES string of the molecule is CC/C(=N/NC(=O)CC#N)c1ccc(OC)c(OC)c1. The normalized spacial score (nSPS) is 10.6. The van der Waals surface area contributed by atoms with E-state index < -0.39 is 5.91 Å². The molecule has 1 N–H and O–H groups in total. The van der Waals surface area contributed by atoms with E-state index in [4.69, 9.17) is 14.7 Å². The molecular weight excluding hydrogens is 258 g/mol. The molecule has 0 aliphatic heterocycles. The van der Waals surface area contributed by atoms with E-state index in [-0.39, 0.29) is 6.42 Å². The molecule has 0 radical (unpaired) electrons. The van der Waals surface area contributed by atoms with Crippen LogP contribution in [0.1, 0.15) is 25.3 Å². The number of benzene rings is 1. The second kappa shape index (κ2) is 7.79. The Balaban J connectivity index is 2.98. The van der Waals surface area contributed by atoms with Crippen molar-refractivity contribution in [2.75, 3.05) is 14.2 Å². The molecule has 0 heterocycles. The van der Waals surface area contributed by atoms with Gasteiger partial charge in [0.1, 0.15) is 6.42 Å². The largest absolute Gasteiger partial charge is 0.493 e. The Hall–Kier alpha value is -2.55. The highest BCUT2D eigenvalue weighted by atomic mass is 16.5. The third-order valence-corrected chi connectivity index (χ3v) is 2.61. The molecule has 0 aliphatic carbocycles. The number of amides is 1. The molecule has 0 unspecified atom stereocenters. The second-order valence-corrected chi connectivity index (χ2v) is 3.85. The molecule has 106 valence electrons. The average molecular weight is 275 g/mol. The van der Waals surface area contributed by atoms with Gasteiger partial charge < -0.3 is 9.47 Å². The molecule has 0 spiro atoms. The zero-order chi connectivity index (χ0) is 15.0. The summed E-state index contributed by atoms with van der Waals surface area (Å²) in [6, 6.07) is 7.16. The molecule has 0 saturated carbocycles. The first-order valence-corrected chi connectivity index (χ1v) is 6.11. The monoisotopic (exact) mass is 275 g/mol. The number of hydrogen-bond donors (Lipinski definition) is 1. The number of nitrogens with zero attached hydrogens (tertiary/aromatic N) is 2. The maximum atomic E-state index is 11.2. The van der Waals surface area contributed by atoms with Crippen LogP contribution in [0.15, 0.2) is 23.3 Å². The number of nitrogens with one attached hydrogen (secondary N) is 1. The molecule has 0 aromatic heterocycles. The molecule has 1 aromatic carbocycles. The Morgan fingerprint density at radius 2 is 2.05 bits per heavy atom. The Kier molecular flexibility index (Phi) is 6.04. The third-order valence-electron chi connectivity index (χ3n) is 2.61. The average Bonchev–Trinajstić information content (AvgIpc) is 2.47. The van der Waals surface area contributed by atoms with Crippen LogP contribution in [0.25, 0.3) is 0 Å². The number of ether oxygens (including phenoxy) is 2. The zero-order valence-corrected chi connectivity index (χ0v) is 11.8. The third kappa shape index (κ3) is 3.99. The molecule has 6 heteroatoms.